The molecule has 0 saturated carbocycles. The number of nitrogens with zero attached hydrogens (tertiary/aromatic N) is 1. The van der Waals surface area contributed by atoms with Gasteiger partial charge < -0.3 is 9.47 Å². The van der Waals surface area contributed by atoms with Gasteiger partial charge in [-0.05, 0) is 42.2 Å². The minimum Gasteiger partial charge on any atom is -0.490 e. The Bertz CT molecular complexity index is 960. The molecule has 2 aromatic rings. The molecule has 0 aliphatic carbocycles. The Morgan fingerprint density at radius 3 is 2.53 bits per heavy atom. The predicted octanol–water partition coefficient (Wildman–Crippen LogP) is 6.28. The van der Waals surface area contributed by atoms with Gasteiger partial charge in [0.25, 0.3) is 5.91 Å². The van der Waals surface area contributed by atoms with Gasteiger partial charge in [0, 0.05) is 11.0 Å². The molecule has 0 aromatic heterocycles. The maximum atomic E-state index is 12.8. The van der Waals surface area contributed by atoms with E-state index in [1.54, 1.807) is 4.90 Å². The van der Waals surface area contributed by atoms with Crippen molar-refractivity contribution in [3.05, 3.63) is 63.0 Å². The van der Waals surface area contributed by atoms with Crippen LogP contribution in [0.25, 0.3) is 6.08 Å². The van der Waals surface area contributed by atoms with Crippen molar-refractivity contribution in [2.45, 2.75) is 27.4 Å². The van der Waals surface area contributed by atoms with E-state index in [0.717, 1.165) is 15.6 Å². The summed E-state index contributed by atoms with van der Waals surface area (Å²) in [6.07, 6.45) is 1.85. The zero-order chi connectivity index (χ0) is 21.7. The van der Waals surface area contributed by atoms with Crippen LogP contribution in [0.2, 0.25) is 0 Å². The number of halogens is 1. The Labute approximate surface area is 195 Å². The second-order valence-corrected chi connectivity index (χ2v) is 9.74. The van der Waals surface area contributed by atoms with Gasteiger partial charge in [-0.1, -0.05) is 84.1 Å². The molecule has 0 unspecified atom stereocenters. The summed E-state index contributed by atoms with van der Waals surface area (Å²) in [5, 5.41) is 0. The number of carbonyl (C=O) groups is 1. The third kappa shape index (κ3) is 5.65. The van der Waals surface area contributed by atoms with Crippen LogP contribution in [0.4, 0.5) is 0 Å². The zero-order valence-electron chi connectivity index (χ0n) is 17.2. The number of thioether (sulfide) groups is 1. The highest BCUT2D eigenvalue weighted by atomic mass is 79.9. The number of hydrogen-bond acceptors (Lipinski definition) is 5. The second kappa shape index (κ2) is 10.5. The normalized spacial score (nSPS) is 15.4. The van der Waals surface area contributed by atoms with E-state index in [4.69, 9.17) is 21.7 Å². The monoisotopic (exact) mass is 505 g/mol. The molecular weight excluding hydrogens is 482 g/mol. The number of amides is 1. The smallest absolute Gasteiger partial charge is 0.266 e. The quantitative estimate of drug-likeness (QED) is 0.311. The lowest BCUT2D eigenvalue weighted by molar-refractivity contribution is -0.122. The zero-order valence-corrected chi connectivity index (χ0v) is 20.4. The largest absolute Gasteiger partial charge is 0.490 e. The molecule has 30 heavy (non-hydrogen) atoms. The van der Waals surface area contributed by atoms with Gasteiger partial charge in [0.2, 0.25) is 0 Å². The van der Waals surface area contributed by atoms with E-state index in [2.05, 4.69) is 29.8 Å². The van der Waals surface area contributed by atoms with Crippen LogP contribution in [0.3, 0.4) is 0 Å². The summed E-state index contributed by atoms with van der Waals surface area (Å²) in [4.78, 5) is 15.1. The van der Waals surface area contributed by atoms with Crippen LogP contribution in [0.5, 0.6) is 11.5 Å². The Morgan fingerprint density at radius 2 is 1.87 bits per heavy atom. The van der Waals surface area contributed by atoms with E-state index in [0.29, 0.717) is 46.4 Å². The van der Waals surface area contributed by atoms with Crippen molar-refractivity contribution in [1.82, 2.24) is 4.90 Å². The number of ether oxygens (including phenoxy) is 2. The molecular formula is C23H24BrNO3S2. The number of carbonyl (C=O) groups excluding carboxylic acids is 1. The van der Waals surface area contributed by atoms with E-state index >= 15 is 0 Å². The Balaban J connectivity index is 1.85. The van der Waals surface area contributed by atoms with Crippen LogP contribution >= 0.6 is 39.9 Å². The number of hydrogen-bond donors (Lipinski definition) is 0. The lowest BCUT2D eigenvalue weighted by Gasteiger charge is -2.16. The van der Waals surface area contributed by atoms with Gasteiger partial charge in [0.05, 0.1) is 11.5 Å². The fraction of sp³-hybridized carbons (Fsp3) is 0.304. The molecule has 158 valence electrons. The summed E-state index contributed by atoms with van der Waals surface area (Å²) in [6.45, 7) is 7.65. The first-order valence-corrected chi connectivity index (χ1v) is 11.8. The van der Waals surface area contributed by atoms with Crippen LogP contribution < -0.4 is 9.47 Å². The summed E-state index contributed by atoms with van der Waals surface area (Å²) in [5.74, 6) is 1.59. The highest BCUT2D eigenvalue weighted by Gasteiger charge is 2.32. The van der Waals surface area contributed by atoms with Crippen LogP contribution in [0.1, 0.15) is 31.9 Å². The fourth-order valence-corrected chi connectivity index (χ4v) is 4.64. The topological polar surface area (TPSA) is 38.8 Å². The molecule has 4 nitrogen and oxygen atoms in total. The third-order valence-electron chi connectivity index (χ3n) is 4.31. The van der Waals surface area contributed by atoms with E-state index in [1.807, 2.05) is 55.5 Å². The maximum Gasteiger partial charge on any atom is 0.266 e. The molecule has 1 amide bonds. The molecule has 0 spiro atoms. The summed E-state index contributed by atoms with van der Waals surface area (Å²) >= 11 is 10.3. The molecule has 0 radical (unpaired) electrons. The van der Waals surface area contributed by atoms with Crippen LogP contribution in [-0.2, 0) is 11.4 Å². The van der Waals surface area contributed by atoms with Crippen LogP contribution in [-0.4, -0.2) is 28.3 Å². The third-order valence-corrected chi connectivity index (χ3v) is 6.37. The summed E-state index contributed by atoms with van der Waals surface area (Å²) in [7, 11) is 0. The van der Waals surface area contributed by atoms with Crippen molar-refractivity contribution in [2.24, 2.45) is 5.92 Å². The summed E-state index contributed by atoms with van der Waals surface area (Å²) in [6, 6.07) is 13.8. The van der Waals surface area contributed by atoms with Gasteiger partial charge in [0.1, 0.15) is 10.9 Å². The van der Waals surface area contributed by atoms with Crippen molar-refractivity contribution in [2.75, 3.05) is 13.2 Å². The maximum absolute atomic E-state index is 12.8. The Kier molecular flexibility index (Phi) is 7.97. The van der Waals surface area contributed by atoms with Crippen molar-refractivity contribution < 1.29 is 14.3 Å². The van der Waals surface area contributed by atoms with Gasteiger partial charge >= 0.3 is 0 Å². The first-order chi connectivity index (χ1) is 14.4. The van der Waals surface area contributed by atoms with Crippen molar-refractivity contribution in [3.8, 4) is 11.5 Å². The number of benzene rings is 2. The molecule has 1 saturated heterocycles. The molecule has 1 fully saturated rings. The highest BCUT2D eigenvalue weighted by molar-refractivity contribution is 9.10. The summed E-state index contributed by atoms with van der Waals surface area (Å²) in [5.41, 5.74) is 1.92. The molecule has 2 aromatic carbocycles. The predicted molar refractivity (Wildman–Crippen MR) is 131 cm³/mol. The molecule has 3 rings (SSSR count). The molecule has 0 atom stereocenters. The van der Waals surface area contributed by atoms with Crippen LogP contribution in [0.15, 0.2) is 51.8 Å². The van der Waals surface area contributed by atoms with Crippen molar-refractivity contribution in [1.29, 1.82) is 0 Å². The van der Waals surface area contributed by atoms with E-state index in [1.165, 1.54) is 11.8 Å². The van der Waals surface area contributed by atoms with Gasteiger partial charge in [-0.15, -0.1) is 0 Å². The molecule has 1 aliphatic heterocycles. The SMILES string of the molecule is CCOc1cc(/C=C2\SC(=S)N(CC(C)C)C2=O)c(Br)cc1OCc1ccccc1. The average molecular weight is 506 g/mol. The minimum absolute atomic E-state index is 0.0482. The first-order valence-electron chi connectivity index (χ1n) is 9.77. The van der Waals surface area contributed by atoms with Crippen molar-refractivity contribution >= 4 is 56.2 Å². The van der Waals surface area contributed by atoms with Gasteiger partial charge in [-0.25, -0.2) is 0 Å². The molecule has 0 N–H and O–H groups in total. The summed E-state index contributed by atoms with van der Waals surface area (Å²) < 4.78 is 13.2. The van der Waals surface area contributed by atoms with Crippen LogP contribution in [0, 0.1) is 5.92 Å². The highest BCUT2D eigenvalue weighted by Crippen LogP contribution is 2.38. The number of rotatable bonds is 8. The lowest BCUT2D eigenvalue weighted by atomic mass is 10.1. The number of thiocarbonyl (C=S) groups is 1. The van der Waals surface area contributed by atoms with Gasteiger partial charge in [-0.2, -0.15) is 0 Å². The minimum atomic E-state index is -0.0482. The molecule has 1 aliphatic rings. The molecule has 0 bridgehead atoms. The van der Waals surface area contributed by atoms with Crippen molar-refractivity contribution in [3.63, 3.8) is 0 Å². The Morgan fingerprint density at radius 1 is 1.17 bits per heavy atom. The van der Waals surface area contributed by atoms with Gasteiger partial charge in [0.15, 0.2) is 11.5 Å². The average Bonchev–Trinajstić information content (AvgIpc) is 2.97. The molecule has 1 heterocycles. The van der Waals surface area contributed by atoms with E-state index in [-0.39, 0.29) is 5.91 Å². The van der Waals surface area contributed by atoms with Gasteiger partial charge in [-0.3, -0.25) is 9.69 Å². The second-order valence-electron chi connectivity index (χ2n) is 7.21. The lowest BCUT2D eigenvalue weighted by Crippen LogP contribution is -2.31. The Hall–Kier alpha value is -1.83. The van der Waals surface area contributed by atoms with E-state index < -0.39 is 0 Å². The first kappa shape index (κ1) is 22.8. The fourth-order valence-electron chi connectivity index (χ4n) is 2.94. The van der Waals surface area contributed by atoms with E-state index in [9.17, 15) is 4.79 Å². The standard InChI is InChI=1S/C23H24BrNO3S2/c1-4-27-19-10-17(11-21-22(26)25(13-15(2)3)23(29)30-21)18(24)12-20(19)28-14-16-8-6-5-7-9-16/h5-12,15H,4,13-14H2,1-3H3/b21-11-. The molecule has 7 heteroatoms.